The number of unbranched alkanes of at least 4 members (excludes halogenated alkanes) is 1. The third kappa shape index (κ3) is 19.6. The first-order chi connectivity index (χ1) is 30.2. The van der Waals surface area contributed by atoms with E-state index in [0.29, 0.717) is 30.7 Å². The van der Waals surface area contributed by atoms with E-state index in [1.54, 1.807) is 6.20 Å². The first kappa shape index (κ1) is 53.5. The number of hydrogen-bond donors (Lipinski definition) is 5. The Kier molecular flexibility index (Phi) is 27.7. The lowest BCUT2D eigenvalue weighted by atomic mass is 9.91. The minimum absolute atomic E-state index is 0.103. The van der Waals surface area contributed by atoms with Gasteiger partial charge in [0.15, 0.2) is 0 Å². The van der Waals surface area contributed by atoms with Gasteiger partial charge in [-0.05, 0) is 164 Å². The van der Waals surface area contributed by atoms with E-state index >= 15 is 0 Å². The van der Waals surface area contributed by atoms with E-state index in [-0.39, 0.29) is 6.04 Å². The molecule has 2 aromatic carbocycles. The molecule has 3 aromatic heterocycles. The molecule has 3 heterocycles. The molecule has 0 saturated carbocycles. The highest BCUT2D eigenvalue weighted by Gasteiger charge is 2.23. The van der Waals surface area contributed by atoms with Crippen LogP contribution < -0.4 is 27.8 Å². The lowest BCUT2D eigenvalue weighted by Gasteiger charge is -2.28. The third-order valence-electron chi connectivity index (χ3n) is 10.9. The van der Waals surface area contributed by atoms with Gasteiger partial charge in [-0.1, -0.05) is 67.1 Å². The van der Waals surface area contributed by atoms with Gasteiger partial charge in [0.25, 0.3) is 0 Å². The largest absolute Gasteiger partial charge is 0.330 e. The van der Waals surface area contributed by atoms with E-state index in [1.807, 2.05) is 55.7 Å². The second kappa shape index (κ2) is 32.1. The molecule has 5 aromatic rings. The van der Waals surface area contributed by atoms with Gasteiger partial charge in [-0.2, -0.15) is 0 Å². The van der Waals surface area contributed by atoms with Crippen molar-refractivity contribution in [3.05, 3.63) is 164 Å². The van der Waals surface area contributed by atoms with Gasteiger partial charge in [0.2, 0.25) is 0 Å². The van der Waals surface area contributed by atoms with Crippen molar-refractivity contribution in [3.8, 4) is 0 Å². The molecule has 8 N–H and O–H groups in total. The maximum Gasteiger partial charge on any atom is 0.0605 e. The molecule has 0 saturated heterocycles. The molecule has 338 valence electrons. The van der Waals surface area contributed by atoms with Crippen LogP contribution in [0.25, 0.3) is 10.8 Å². The molecule has 5 atom stereocenters. The predicted molar refractivity (Wildman–Crippen MR) is 267 cm³/mol. The predicted octanol–water partition coefficient (Wildman–Crippen LogP) is 10.3. The molecule has 0 aliphatic heterocycles. The number of benzene rings is 2. The number of nitrogens with zero attached hydrogens (tertiary/aromatic N) is 4. The molecule has 2 aliphatic carbocycles. The summed E-state index contributed by atoms with van der Waals surface area (Å²) in [5, 5.41) is 10.0. The molecule has 2 aliphatic rings. The van der Waals surface area contributed by atoms with Gasteiger partial charge >= 0.3 is 0 Å². The summed E-state index contributed by atoms with van der Waals surface area (Å²) in [4.78, 5) is 15.4. The van der Waals surface area contributed by atoms with E-state index in [1.165, 1.54) is 110 Å². The number of nitrogens with two attached hydrogens (primary N) is 3. The standard InChI is InChI=1S/C16H27N3.C15H25N3.C12H13N.C6H8N2.2C2H4/c1-13(7-6-12-19(2)3)18-15-10-4-8-14-9-5-11-17-16(14)15;1-12(6-2-3-10-16)18-14-9-4-7-13-8-5-11-17-15(13)14;1-9(13)11-8-4-6-10-5-2-3-7-12(10)11;7-5-6-3-1-2-4-8-6;2*1-2/h5,9,11,13,15,18H,4,6-8,10,12H2,1-3H3;5,8,11-12,14,18H,2-4,6-7,9-10,16H2,1H3;2-9H,13H2,1H3;1-4H,5,7H2;2*1-2H2. The number of hydrogen-bond acceptors (Lipinski definition) is 9. The summed E-state index contributed by atoms with van der Waals surface area (Å²) in [5.74, 6) is 0. The summed E-state index contributed by atoms with van der Waals surface area (Å²) in [7, 11) is 4.28. The molecule has 5 unspecified atom stereocenters. The fourth-order valence-electron chi connectivity index (χ4n) is 7.87. The van der Waals surface area contributed by atoms with Crippen molar-refractivity contribution in [2.45, 2.75) is 128 Å². The molecule has 0 amide bonds. The van der Waals surface area contributed by atoms with E-state index < -0.39 is 0 Å². The van der Waals surface area contributed by atoms with E-state index in [0.717, 1.165) is 18.7 Å². The Bertz CT molecular complexity index is 1870. The maximum atomic E-state index is 5.88. The Morgan fingerprint density at radius 3 is 1.68 bits per heavy atom. The lowest BCUT2D eigenvalue weighted by Crippen LogP contribution is -2.33. The smallest absolute Gasteiger partial charge is 0.0605 e. The van der Waals surface area contributed by atoms with Crippen molar-refractivity contribution in [1.82, 2.24) is 30.5 Å². The van der Waals surface area contributed by atoms with Crippen LogP contribution in [0, 0.1) is 0 Å². The van der Waals surface area contributed by atoms with Crippen molar-refractivity contribution >= 4 is 10.8 Å². The highest BCUT2D eigenvalue weighted by molar-refractivity contribution is 5.86. The zero-order chi connectivity index (χ0) is 45.5. The summed E-state index contributed by atoms with van der Waals surface area (Å²) in [6.07, 6.45) is 19.0. The Morgan fingerprint density at radius 2 is 1.18 bits per heavy atom. The molecular weight excluding hydrogens is 763 g/mol. The van der Waals surface area contributed by atoms with Gasteiger partial charge < -0.3 is 32.7 Å². The number of rotatable bonds is 14. The molecule has 7 rings (SSSR count). The lowest BCUT2D eigenvalue weighted by molar-refractivity contribution is 0.349. The Hall–Kier alpha value is -4.61. The van der Waals surface area contributed by atoms with Crippen LogP contribution in [0.5, 0.6) is 0 Å². The van der Waals surface area contributed by atoms with E-state index in [4.69, 9.17) is 17.2 Å². The summed E-state index contributed by atoms with van der Waals surface area (Å²) in [5.41, 5.74) is 24.3. The third-order valence-corrected chi connectivity index (χ3v) is 10.9. The second-order valence-electron chi connectivity index (χ2n) is 16.2. The Labute approximate surface area is 376 Å². The monoisotopic (exact) mass is 844 g/mol. The molecule has 0 fully saturated rings. The van der Waals surface area contributed by atoms with Crippen molar-refractivity contribution in [3.63, 3.8) is 0 Å². The summed E-state index contributed by atoms with van der Waals surface area (Å²) < 4.78 is 0. The van der Waals surface area contributed by atoms with Gasteiger partial charge in [0, 0.05) is 55.3 Å². The topological polar surface area (TPSA) is 144 Å². The highest BCUT2D eigenvalue weighted by Crippen LogP contribution is 2.29. The minimum atomic E-state index is 0.103. The zero-order valence-electron chi connectivity index (χ0n) is 39.0. The average molecular weight is 844 g/mol. The van der Waals surface area contributed by atoms with Gasteiger partial charge in [-0.15, -0.1) is 26.3 Å². The Balaban J connectivity index is 0.000000286. The molecule has 0 spiro atoms. The quantitative estimate of drug-likeness (QED) is 0.0545. The first-order valence-corrected chi connectivity index (χ1v) is 22.8. The SMILES string of the molecule is C=C.C=C.CC(CCCCN)NC1CCCc2cccnc21.CC(CCCN(C)C)NC1CCCc2cccnc21.CC(N)c1cccc2ccccc12.NCc1ccccn1. The van der Waals surface area contributed by atoms with Crippen molar-refractivity contribution in [2.75, 3.05) is 27.2 Å². The molecule has 9 heteroatoms. The van der Waals surface area contributed by atoms with Crippen LogP contribution in [0.2, 0.25) is 0 Å². The van der Waals surface area contributed by atoms with Crippen LogP contribution in [-0.4, -0.2) is 59.1 Å². The number of pyridine rings is 3. The zero-order valence-corrected chi connectivity index (χ0v) is 39.0. The average Bonchev–Trinajstić information content (AvgIpc) is 3.31. The van der Waals surface area contributed by atoms with Crippen LogP contribution in [0.3, 0.4) is 0 Å². The molecule has 0 radical (unpaired) electrons. The minimum Gasteiger partial charge on any atom is -0.330 e. The number of nitrogens with one attached hydrogen (secondary N) is 2. The molecule has 0 bridgehead atoms. The fourth-order valence-corrected chi connectivity index (χ4v) is 7.87. The fraction of sp³-hybridized carbons (Fsp3) is 0.453. The van der Waals surface area contributed by atoms with Crippen molar-refractivity contribution < 1.29 is 0 Å². The summed E-state index contributed by atoms with van der Waals surface area (Å²) in [6, 6.07) is 31.0. The van der Waals surface area contributed by atoms with E-state index in [2.05, 4.69) is 133 Å². The van der Waals surface area contributed by atoms with Crippen molar-refractivity contribution in [1.29, 1.82) is 0 Å². The molecule has 9 nitrogen and oxygen atoms in total. The second-order valence-corrected chi connectivity index (χ2v) is 16.2. The van der Waals surface area contributed by atoms with Crippen LogP contribution in [-0.2, 0) is 19.4 Å². The van der Waals surface area contributed by atoms with Gasteiger partial charge in [-0.3, -0.25) is 15.0 Å². The van der Waals surface area contributed by atoms with Crippen molar-refractivity contribution in [2.24, 2.45) is 17.2 Å². The van der Waals surface area contributed by atoms with Gasteiger partial charge in [0.05, 0.1) is 17.1 Å². The summed E-state index contributed by atoms with van der Waals surface area (Å²) >= 11 is 0. The molecule has 62 heavy (non-hydrogen) atoms. The van der Waals surface area contributed by atoms with Crippen LogP contribution in [0.4, 0.5) is 0 Å². The van der Waals surface area contributed by atoms with E-state index in [9.17, 15) is 0 Å². The number of fused-ring (bicyclic) bond motifs is 3. The molecular formula is C53H81N9. The first-order valence-electron chi connectivity index (χ1n) is 22.8. The van der Waals surface area contributed by atoms with Gasteiger partial charge in [-0.25, -0.2) is 0 Å². The number of aryl methyl sites for hydroxylation is 2. The maximum absolute atomic E-state index is 5.88. The summed E-state index contributed by atoms with van der Waals surface area (Å²) in [6.45, 7) is 21.1. The Morgan fingerprint density at radius 1 is 0.645 bits per heavy atom. The normalized spacial score (nSPS) is 16.2. The van der Waals surface area contributed by atoms with Crippen LogP contribution in [0.1, 0.15) is 130 Å². The van der Waals surface area contributed by atoms with Crippen LogP contribution in [0.15, 0.2) is 130 Å². The van der Waals surface area contributed by atoms with Gasteiger partial charge in [0.1, 0.15) is 0 Å². The highest BCUT2D eigenvalue weighted by atomic mass is 15.0. The number of aromatic nitrogens is 3. The van der Waals surface area contributed by atoms with Crippen LogP contribution >= 0.6 is 0 Å².